The molecule has 0 bridgehead atoms. The predicted octanol–water partition coefficient (Wildman–Crippen LogP) is 4.80. The van der Waals surface area contributed by atoms with E-state index < -0.39 is 23.9 Å². The zero-order valence-corrected chi connectivity index (χ0v) is 20.2. The van der Waals surface area contributed by atoms with E-state index in [0.717, 1.165) is 0 Å². The van der Waals surface area contributed by atoms with Gasteiger partial charge in [0.25, 0.3) is 0 Å². The van der Waals surface area contributed by atoms with Gasteiger partial charge in [0, 0.05) is 29.6 Å². The Balaban J connectivity index is 1.78. The summed E-state index contributed by atoms with van der Waals surface area (Å²) in [5, 5.41) is 2.62. The molecule has 2 aromatic carbocycles. The molecule has 0 saturated heterocycles. The van der Waals surface area contributed by atoms with Gasteiger partial charge < -0.3 is 14.2 Å². The Bertz CT molecular complexity index is 1380. The number of aromatic nitrogens is 1. The molecule has 1 aliphatic rings. The predicted molar refractivity (Wildman–Crippen MR) is 134 cm³/mol. The van der Waals surface area contributed by atoms with Crippen molar-refractivity contribution < 1.29 is 33.4 Å². The van der Waals surface area contributed by atoms with Gasteiger partial charge >= 0.3 is 18.0 Å². The molecule has 37 heavy (non-hydrogen) atoms. The van der Waals surface area contributed by atoms with E-state index >= 15 is 0 Å². The third-order valence-corrected chi connectivity index (χ3v) is 5.58. The minimum atomic E-state index is -0.916. The third-order valence-electron chi connectivity index (χ3n) is 5.58. The normalized spacial score (nSPS) is 14.2. The van der Waals surface area contributed by atoms with Crippen LogP contribution in [0, 0.1) is 0 Å². The molecule has 0 radical (unpaired) electrons. The Kier molecular flexibility index (Phi) is 7.73. The summed E-state index contributed by atoms with van der Waals surface area (Å²) in [6.07, 6.45) is 3.51. The Morgan fingerprint density at radius 2 is 1.73 bits per heavy atom. The van der Waals surface area contributed by atoms with Crippen LogP contribution in [0.25, 0.3) is 5.57 Å². The fourth-order valence-electron chi connectivity index (χ4n) is 4.02. The number of anilines is 1. The zero-order chi connectivity index (χ0) is 26.4. The van der Waals surface area contributed by atoms with Gasteiger partial charge in [0.2, 0.25) is 0 Å². The number of carbonyl (C=O) groups excluding carboxylic acids is 4. The molecule has 0 fully saturated rings. The molecule has 1 atom stereocenters. The molecule has 0 aliphatic heterocycles. The summed E-state index contributed by atoms with van der Waals surface area (Å²) in [4.78, 5) is 54.9. The average Bonchev–Trinajstić information content (AvgIpc) is 2.89. The van der Waals surface area contributed by atoms with Crippen molar-refractivity contribution in [2.24, 2.45) is 0 Å². The zero-order valence-electron chi connectivity index (χ0n) is 20.2. The molecule has 4 rings (SSSR count). The van der Waals surface area contributed by atoms with Crippen molar-refractivity contribution in [2.75, 3.05) is 18.5 Å². The van der Waals surface area contributed by atoms with Gasteiger partial charge in [0.1, 0.15) is 11.7 Å². The molecule has 0 spiro atoms. The summed E-state index contributed by atoms with van der Waals surface area (Å²) in [7, 11) is 0. The van der Waals surface area contributed by atoms with Crippen molar-refractivity contribution in [3.05, 3.63) is 95.3 Å². The molecule has 9 nitrogen and oxygen atoms in total. The molecule has 1 heterocycles. The SMILES string of the molecule is CCOC(=O)Nc1cc(OC(=O)c2cccnc2)ccc1C1=CC(=O)c2ccccc2C1C(=O)OCC. The van der Waals surface area contributed by atoms with E-state index in [4.69, 9.17) is 14.2 Å². The van der Waals surface area contributed by atoms with Crippen molar-refractivity contribution in [2.45, 2.75) is 19.8 Å². The molecule has 1 amide bonds. The lowest BCUT2D eigenvalue weighted by atomic mass is 9.78. The quantitative estimate of drug-likeness (QED) is 0.363. The van der Waals surface area contributed by atoms with E-state index in [1.54, 1.807) is 56.3 Å². The topological polar surface area (TPSA) is 121 Å². The van der Waals surface area contributed by atoms with Crippen LogP contribution in [0.15, 0.2) is 73.1 Å². The molecule has 1 aliphatic carbocycles. The van der Waals surface area contributed by atoms with Gasteiger partial charge in [-0.05, 0) is 55.3 Å². The number of hydrogen-bond donors (Lipinski definition) is 1. The lowest BCUT2D eigenvalue weighted by Crippen LogP contribution is -2.24. The number of hydrogen-bond acceptors (Lipinski definition) is 8. The van der Waals surface area contributed by atoms with E-state index in [1.165, 1.54) is 30.6 Å². The van der Waals surface area contributed by atoms with Crippen molar-refractivity contribution in [1.29, 1.82) is 0 Å². The Morgan fingerprint density at radius 3 is 2.46 bits per heavy atom. The largest absolute Gasteiger partial charge is 0.465 e. The van der Waals surface area contributed by atoms with Crippen LogP contribution in [0.3, 0.4) is 0 Å². The van der Waals surface area contributed by atoms with Crippen LogP contribution in [0.5, 0.6) is 5.75 Å². The van der Waals surface area contributed by atoms with E-state index in [1.807, 2.05) is 0 Å². The van der Waals surface area contributed by atoms with Crippen LogP contribution in [0.2, 0.25) is 0 Å². The molecule has 0 saturated carbocycles. The fraction of sp³-hybridized carbons (Fsp3) is 0.179. The first-order valence-electron chi connectivity index (χ1n) is 11.6. The van der Waals surface area contributed by atoms with E-state index in [-0.39, 0.29) is 36.0 Å². The van der Waals surface area contributed by atoms with Gasteiger partial charge in [-0.1, -0.05) is 24.3 Å². The number of fused-ring (bicyclic) bond motifs is 1. The molecule has 1 aromatic heterocycles. The molecule has 9 heteroatoms. The van der Waals surface area contributed by atoms with E-state index in [0.29, 0.717) is 22.3 Å². The first-order chi connectivity index (χ1) is 17.9. The fourth-order valence-corrected chi connectivity index (χ4v) is 4.02. The van der Waals surface area contributed by atoms with Crippen molar-refractivity contribution in [3.63, 3.8) is 0 Å². The highest BCUT2D eigenvalue weighted by Crippen LogP contribution is 2.42. The first-order valence-corrected chi connectivity index (χ1v) is 11.6. The number of allylic oxidation sites excluding steroid dienone is 1. The number of nitrogens with one attached hydrogen (secondary N) is 1. The van der Waals surface area contributed by atoms with Crippen LogP contribution >= 0.6 is 0 Å². The monoisotopic (exact) mass is 500 g/mol. The molecular formula is C28H24N2O7. The average molecular weight is 501 g/mol. The molecular weight excluding hydrogens is 476 g/mol. The number of benzene rings is 2. The number of nitrogens with zero attached hydrogens (tertiary/aromatic N) is 1. The summed E-state index contributed by atoms with van der Waals surface area (Å²) in [5.74, 6) is -2.27. The molecule has 1 N–H and O–H groups in total. The van der Waals surface area contributed by atoms with Gasteiger partial charge in [0.05, 0.1) is 24.5 Å². The Morgan fingerprint density at radius 1 is 0.946 bits per heavy atom. The number of ketones is 1. The van der Waals surface area contributed by atoms with Gasteiger partial charge in [-0.3, -0.25) is 19.9 Å². The first kappa shape index (κ1) is 25.3. The second-order valence-electron chi connectivity index (χ2n) is 7.92. The number of amides is 1. The standard InChI is InChI=1S/C28H24N2O7/c1-3-35-27(33)25-21-10-6-5-9-20(21)24(31)15-22(25)19-12-11-18(14-23(19)30-28(34)36-4-2)37-26(32)17-8-7-13-29-16-17/h5-16,25H,3-4H2,1-2H3,(H,30,34). The highest BCUT2D eigenvalue weighted by molar-refractivity contribution is 6.17. The Hall–Kier alpha value is -4.79. The van der Waals surface area contributed by atoms with Crippen LogP contribution in [0.4, 0.5) is 10.5 Å². The summed E-state index contributed by atoms with van der Waals surface area (Å²) < 4.78 is 15.8. The number of carbonyl (C=O) groups is 4. The van der Waals surface area contributed by atoms with Crippen molar-refractivity contribution >= 4 is 35.1 Å². The lowest BCUT2D eigenvalue weighted by molar-refractivity contribution is -0.143. The van der Waals surface area contributed by atoms with Crippen LogP contribution in [0.1, 0.15) is 51.6 Å². The van der Waals surface area contributed by atoms with Gasteiger partial charge in [-0.15, -0.1) is 0 Å². The van der Waals surface area contributed by atoms with Crippen molar-refractivity contribution in [1.82, 2.24) is 4.98 Å². The maximum Gasteiger partial charge on any atom is 0.411 e. The third kappa shape index (κ3) is 5.56. The highest BCUT2D eigenvalue weighted by Gasteiger charge is 2.35. The Labute approximate surface area is 213 Å². The summed E-state index contributed by atoms with van der Waals surface area (Å²) in [5.41, 5.74) is 2.02. The summed E-state index contributed by atoms with van der Waals surface area (Å²) in [6, 6.07) is 14.5. The molecule has 188 valence electrons. The minimum Gasteiger partial charge on any atom is -0.465 e. The van der Waals surface area contributed by atoms with Gasteiger partial charge in [0.15, 0.2) is 5.78 Å². The number of ether oxygens (including phenoxy) is 3. The maximum atomic E-state index is 13.1. The maximum absolute atomic E-state index is 13.1. The van der Waals surface area contributed by atoms with Crippen LogP contribution in [-0.2, 0) is 14.3 Å². The second-order valence-corrected chi connectivity index (χ2v) is 7.92. The number of esters is 2. The lowest BCUT2D eigenvalue weighted by Gasteiger charge is -2.26. The number of pyridine rings is 1. The van der Waals surface area contributed by atoms with Crippen molar-refractivity contribution in [3.8, 4) is 5.75 Å². The molecule has 1 unspecified atom stereocenters. The molecule has 3 aromatic rings. The second kappa shape index (κ2) is 11.3. The van der Waals surface area contributed by atoms with E-state index in [9.17, 15) is 19.2 Å². The minimum absolute atomic E-state index is 0.122. The van der Waals surface area contributed by atoms with E-state index in [2.05, 4.69) is 10.3 Å². The summed E-state index contributed by atoms with van der Waals surface area (Å²) in [6.45, 7) is 3.62. The van der Waals surface area contributed by atoms with Crippen LogP contribution in [-0.4, -0.2) is 42.0 Å². The van der Waals surface area contributed by atoms with Crippen LogP contribution < -0.4 is 10.1 Å². The number of rotatable bonds is 7. The smallest absolute Gasteiger partial charge is 0.411 e. The van der Waals surface area contributed by atoms with Gasteiger partial charge in [-0.2, -0.15) is 0 Å². The summed E-state index contributed by atoms with van der Waals surface area (Å²) >= 11 is 0. The highest BCUT2D eigenvalue weighted by atomic mass is 16.5. The van der Waals surface area contributed by atoms with Gasteiger partial charge in [-0.25, -0.2) is 9.59 Å².